The number of benzene rings is 2. The number of carbonyl (C=O) groups is 2. The lowest BCUT2D eigenvalue weighted by Crippen LogP contribution is -2.16. The summed E-state index contributed by atoms with van der Waals surface area (Å²) in [7, 11) is 0. The first-order valence-electron chi connectivity index (χ1n) is 11.1. The van der Waals surface area contributed by atoms with Crippen LogP contribution in [0.4, 0.5) is 0 Å². The fourth-order valence-corrected chi connectivity index (χ4v) is 5.32. The molecule has 0 unspecified atom stereocenters. The van der Waals surface area contributed by atoms with E-state index < -0.39 is 5.97 Å². The lowest BCUT2D eigenvalue weighted by molar-refractivity contribution is 0.0476. The third kappa shape index (κ3) is 3.53. The van der Waals surface area contributed by atoms with Crippen LogP contribution in [0.2, 0.25) is 0 Å². The number of carbonyl (C=O) groups excluding carboxylic acids is 2. The summed E-state index contributed by atoms with van der Waals surface area (Å²) in [4.78, 5) is 35.4. The van der Waals surface area contributed by atoms with Crippen molar-refractivity contribution in [2.75, 3.05) is 6.61 Å². The first-order valence-corrected chi connectivity index (χ1v) is 12.0. The predicted octanol–water partition coefficient (Wildman–Crippen LogP) is 6.30. The van der Waals surface area contributed by atoms with E-state index in [1.54, 1.807) is 17.5 Å². The summed E-state index contributed by atoms with van der Waals surface area (Å²) >= 11 is 1.67. The second-order valence-electron chi connectivity index (χ2n) is 8.26. The number of ether oxygens (including phenoxy) is 1. The molecule has 0 atom stereocenters. The van der Waals surface area contributed by atoms with Crippen LogP contribution in [0.1, 0.15) is 43.3 Å². The number of fused-ring (bicyclic) bond motifs is 3. The third-order valence-corrected chi connectivity index (χ3v) is 7.05. The van der Waals surface area contributed by atoms with E-state index in [4.69, 9.17) is 9.72 Å². The van der Waals surface area contributed by atoms with Crippen molar-refractivity contribution in [1.82, 2.24) is 9.97 Å². The van der Waals surface area contributed by atoms with Crippen molar-refractivity contribution in [1.29, 1.82) is 0 Å². The van der Waals surface area contributed by atoms with E-state index in [0.717, 1.165) is 49.9 Å². The molecule has 0 aliphatic heterocycles. The van der Waals surface area contributed by atoms with Crippen molar-refractivity contribution < 1.29 is 14.3 Å². The van der Waals surface area contributed by atoms with Crippen LogP contribution < -0.4 is 0 Å². The molecule has 0 saturated carbocycles. The molecular weight excluding hydrogens is 444 g/mol. The average molecular weight is 465 g/mol. The van der Waals surface area contributed by atoms with Gasteiger partial charge in [0.2, 0.25) is 5.78 Å². The number of thiophene rings is 1. The Bertz CT molecular complexity index is 1600. The first-order chi connectivity index (χ1) is 16.7. The highest BCUT2D eigenvalue weighted by molar-refractivity contribution is 7.10. The van der Waals surface area contributed by atoms with Crippen LogP contribution in [0, 0.1) is 0 Å². The topological polar surface area (TPSA) is 72.1 Å². The Morgan fingerprint density at radius 3 is 2.68 bits per heavy atom. The van der Waals surface area contributed by atoms with Crippen LogP contribution >= 0.6 is 11.3 Å². The fraction of sp³-hybridized carbons (Fsp3) is 0.107. The number of hydrogen-bond donors (Lipinski definition) is 1. The van der Waals surface area contributed by atoms with Crippen LogP contribution in [-0.4, -0.2) is 28.3 Å². The lowest BCUT2D eigenvalue weighted by atomic mass is 10.0. The number of hydrogen-bond acceptors (Lipinski definition) is 5. The quantitative estimate of drug-likeness (QED) is 0.245. The zero-order chi connectivity index (χ0) is 23.1. The van der Waals surface area contributed by atoms with Crippen molar-refractivity contribution in [3.8, 4) is 0 Å². The van der Waals surface area contributed by atoms with Crippen molar-refractivity contribution in [2.45, 2.75) is 12.8 Å². The van der Waals surface area contributed by atoms with E-state index in [0.29, 0.717) is 17.5 Å². The maximum atomic E-state index is 13.4. The zero-order valence-corrected chi connectivity index (χ0v) is 19.0. The predicted molar refractivity (Wildman–Crippen MR) is 135 cm³/mol. The Labute approximate surface area is 199 Å². The van der Waals surface area contributed by atoms with Crippen molar-refractivity contribution in [2.24, 2.45) is 0 Å². The van der Waals surface area contributed by atoms with E-state index >= 15 is 0 Å². The molecule has 6 heteroatoms. The number of H-pyrrole nitrogens is 1. The van der Waals surface area contributed by atoms with Crippen LogP contribution in [0.25, 0.3) is 33.5 Å². The Morgan fingerprint density at radius 1 is 1.00 bits per heavy atom. The molecule has 0 radical (unpaired) electrons. The van der Waals surface area contributed by atoms with Gasteiger partial charge in [-0.25, -0.2) is 9.78 Å². The van der Waals surface area contributed by atoms with E-state index in [9.17, 15) is 9.59 Å². The fourth-order valence-electron chi connectivity index (χ4n) is 4.64. The number of aromatic amines is 1. The molecule has 0 saturated heterocycles. The van der Waals surface area contributed by atoms with Gasteiger partial charge in [-0.05, 0) is 53.6 Å². The van der Waals surface area contributed by atoms with Crippen molar-refractivity contribution in [3.05, 3.63) is 99.5 Å². The number of allylic oxidation sites excluding steroid dienone is 1. The van der Waals surface area contributed by atoms with Crippen LogP contribution in [-0.2, 0) is 11.2 Å². The van der Waals surface area contributed by atoms with Crippen LogP contribution in [0.15, 0.2) is 72.2 Å². The highest BCUT2D eigenvalue weighted by atomic mass is 32.1. The molecule has 5 nitrogen and oxygen atoms in total. The Morgan fingerprint density at radius 2 is 1.82 bits per heavy atom. The molecule has 1 N–H and O–H groups in total. The summed E-state index contributed by atoms with van der Waals surface area (Å²) in [5.41, 5.74) is 5.52. The minimum atomic E-state index is -0.486. The van der Waals surface area contributed by atoms with Gasteiger partial charge in [0.15, 0.2) is 6.61 Å². The summed E-state index contributed by atoms with van der Waals surface area (Å²) in [6.45, 7) is -0.315. The number of nitrogens with zero attached hydrogens (tertiary/aromatic N) is 1. The van der Waals surface area contributed by atoms with Gasteiger partial charge in [0.25, 0.3) is 0 Å². The molecule has 5 aromatic rings. The number of esters is 1. The number of rotatable bonds is 5. The summed E-state index contributed by atoms with van der Waals surface area (Å²) < 4.78 is 5.59. The SMILES string of the molecule is O=C(OCC(=O)c1c[nH]c2ccccc12)c1c2c(nc3ccccc13)C(=Cc1cccs1)CC2. The molecule has 0 spiro atoms. The monoisotopic (exact) mass is 464 g/mol. The Balaban J connectivity index is 1.34. The molecular formula is C28H20N2O3S. The third-order valence-electron chi connectivity index (χ3n) is 6.23. The van der Waals surface area contributed by atoms with Crippen LogP contribution in [0.5, 0.6) is 0 Å². The second kappa shape index (κ2) is 8.39. The molecule has 0 bridgehead atoms. The largest absolute Gasteiger partial charge is 0.454 e. The van der Waals surface area contributed by atoms with Crippen molar-refractivity contribution in [3.63, 3.8) is 0 Å². The molecule has 6 rings (SSSR count). The molecule has 0 amide bonds. The number of nitrogens with one attached hydrogen (secondary N) is 1. The zero-order valence-electron chi connectivity index (χ0n) is 18.2. The molecule has 1 aliphatic carbocycles. The molecule has 0 fully saturated rings. The number of aromatic nitrogens is 2. The molecule has 166 valence electrons. The van der Waals surface area contributed by atoms with E-state index in [-0.39, 0.29) is 12.4 Å². The van der Waals surface area contributed by atoms with Gasteiger partial charge in [-0.3, -0.25) is 4.79 Å². The van der Waals surface area contributed by atoms with E-state index in [2.05, 4.69) is 17.1 Å². The Hall–Kier alpha value is -4.03. The number of para-hydroxylation sites is 2. The van der Waals surface area contributed by atoms with Gasteiger partial charge in [-0.2, -0.15) is 0 Å². The maximum Gasteiger partial charge on any atom is 0.339 e. The van der Waals surface area contributed by atoms with Gasteiger partial charge in [0.1, 0.15) is 0 Å². The number of pyridine rings is 1. The summed E-state index contributed by atoms with van der Waals surface area (Å²) in [6.07, 6.45) is 5.34. The average Bonchev–Trinajstić information content (AvgIpc) is 3.62. The summed E-state index contributed by atoms with van der Waals surface area (Å²) in [5.74, 6) is -0.723. The highest BCUT2D eigenvalue weighted by Gasteiger charge is 2.28. The number of ketones is 1. The molecule has 3 aromatic heterocycles. The van der Waals surface area contributed by atoms with Gasteiger partial charge < -0.3 is 9.72 Å². The van der Waals surface area contributed by atoms with E-state index in [1.807, 2.05) is 60.0 Å². The second-order valence-corrected chi connectivity index (χ2v) is 9.24. The van der Waals surface area contributed by atoms with Crippen LogP contribution in [0.3, 0.4) is 0 Å². The molecule has 3 heterocycles. The maximum absolute atomic E-state index is 13.4. The number of Topliss-reactive ketones (excluding diaryl/α,β-unsaturated/α-hetero) is 1. The lowest BCUT2D eigenvalue weighted by Gasteiger charge is -2.12. The summed E-state index contributed by atoms with van der Waals surface area (Å²) in [5, 5.41) is 3.62. The standard InChI is InChI=1S/C28H20N2O3S/c31-25(22-15-29-23-9-3-1-7-19(22)23)16-33-28(32)26-20-8-2-4-10-24(20)30-27-17(11-12-21(26)27)14-18-6-5-13-34-18/h1-10,13-15,29H,11-12,16H2. The van der Waals surface area contributed by atoms with E-state index in [1.165, 1.54) is 0 Å². The van der Waals surface area contributed by atoms with Gasteiger partial charge in [0.05, 0.1) is 16.8 Å². The highest BCUT2D eigenvalue weighted by Crippen LogP contribution is 2.38. The van der Waals surface area contributed by atoms with Crippen molar-refractivity contribution >= 4 is 56.5 Å². The molecule has 34 heavy (non-hydrogen) atoms. The van der Waals surface area contributed by atoms with Gasteiger partial charge in [-0.15, -0.1) is 11.3 Å². The normalized spacial score (nSPS) is 14.1. The molecule has 2 aromatic carbocycles. The van der Waals surface area contributed by atoms with Gasteiger partial charge in [-0.1, -0.05) is 42.5 Å². The summed E-state index contributed by atoms with van der Waals surface area (Å²) in [6, 6.07) is 19.3. The Kier molecular flexibility index (Phi) is 5.08. The molecule has 1 aliphatic rings. The van der Waals surface area contributed by atoms with Gasteiger partial charge >= 0.3 is 5.97 Å². The minimum absolute atomic E-state index is 0.237. The smallest absolute Gasteiger partial charge is 0.339 e. The minimum Gasteiger partial charge on any atom is -0.454 e. The van der Waals surface area contributed by atoms with Gasteiger partial charge in [0, 0.05) is 32.9 Å². The first kappa shape index (κ1) is 20.6.